The second-order valence-electron chi connectivity index (χ2n) is 6.03. The molecule has 0 atom stereocenters. The Morgan fingerprint density at radius 2 is 1.77 bits per heavy atom. The lowest BCUT2D eigenvalue weighted by molar-refractivity contribution is -0.143. The van der Waals surface area contributed by atoms with E-state index in [1.807, 2.05) is 6.92 Å². The maximum Gasteiger partial charge on any atom is 0.334 e. The Labute approximate surface area is 149 Å². The first kappa shape index (κ1) is 17.6. The van der Waals surface area contributed by atoms with Gasteiger partial charge in [0.15, 0.2) is 0 Å². The molecular formula is C17H18N4O5. The van der Waals surface area contributed by atoms with Crippen molar-refractivity contribution in [1.29, 1.82) is 0 Å². The number of nitrogens with zero attached hydrogens (tertiary/aromatic N) is 3. The molecular weight excluding hydrogens is 340 g/mol. The first-order valence-corrected chi connectivity index (χ1v) is 8.30. The zero-order valence-corrected chi connectivity index (χ0v) is 14.2. The summed E-state index contributed by atoms with van der Waals surface area (Å²) in [5.74, 6) is -2.93. The third kappa shape index (κ3) is 3.03. The lowest BCUT2D eigenvalue weighted by Gasteiger charge is -2.30. The van der Waals surface area contributed by atoms with Crippen LogP contribution in [0.2, 0.25) is 0 Å². The molecule has 0 aliphatic carbocycles. The van der Waals surface area contributed by atoms with Gasteiger partial charge < -0.3 is 5.32 Å². The first-order valence-electron chi connectivity index (χ1n) is 8.30. The van der Waals surface area contributed by atoms with Gasteiger partial charge in [-0.25, -0.2) is 9.69 Å². The number of urea groups is 1. The Morgan fingerprint density at radius 3 is 2.50 bits per heavy atom. The van der Waals surface area contributed by atoms with E-state index < -0.39 is 30.3 Å². The van der Waals surface area contributed by atoms with Crippen molar-refractivity contribution < 1.29 is 24.0 Å². The third-order valence-corrected chi connectivity index (χ3v) is 4.24. The van der Waals surface area contributed by atoms with Crippen LogP contribution in [0.4, 0.5) is 16.2 Å². The van der Waals surface area contributed by atoms with Gasteiger partial charge in [-0.1, -0.05) is 25.5 Å². The van der Waals surface area contributed by atoms with E-state index in [1.54, 1.807) is 24.3 Å². The predicted octanol–water partition coefficient (Wildman–Crippen LogP) is 0.563. The van der Waals surface area contributed by atoms with Crippen molar-refractivity contribution in [2.24, 2.45) is 0 Å². The molecule has 1 aromatic carbocycles. The van der Waals surface area contributed by atoms with Crippen LogP contribution in [0.15, 0.2) is 24.3 Å². The van der Waals surface area contributed by atoms with E-state index >= 15 is 0 Å². The number of hydrogen-bond acceptors (Lipinski definition) is 5. The Hall–Kier alpha value is -3.23. The number of hydrogen-bond donors (Lipinski definition) is 1. The van der Waals surface area contributed by atoms with Gasteiger partial charge in [-0.05, 0) is 18.6 Å². The maximum atomic E-state index is 12.7. The fourth-order valence-electron chi connectivity index (χ4n) is 2.88. The standard InChI is InChI=1S/C17H18N4O5/c1-2-3-8-19-15(24)16(25)21(17(19)26)10-14(23)20-9-13(22)18-11-6-4-5-7-12(11)20/h4-7H,2-3,8-10H2,1H3,(H,18,22). The minimum atomic E-state index is -1.02. The number of para-hydroxylation sites is 2. The van der Waals surface area contributed by atoms with Gasteiger partial charge in [0.25, 0.3) is 0 Å². The summed E-state index contributed by atoms with van der Waals surface area (Å²) in [6.07, 6.45) is 1.33. The fourth-order valence-corrected chi connectivity index (χ4v) is 2.88. The Morgan fingerprint density at radius 1 is 1.08 bits per heavy atom. The second kappa shape index (κ2) is 6.95. The largest absolute Gasteiger partial charge is 0.334 e. The molecule has 2 aliphatic heterocycles. The number of imide groups is 2. The van der Waals surface area contributed by atoms with Crippen molar-refractivity contribution in [2.75, 3.05) is 29.9 Å². The van der Waals surface area contributed by atoms with Crippen LogP contribution in [0, 0.1) is 0 Å². The molecule has 136 valence electrons. The number of fused-ring (bicyclic) bond motifs is 1. The molecule has 1 saturated heterocycles. The van der Waals surface area contributed by atoms with Gasteiger partial charge in [0, 0.05) is 6.54 Å². The molecule has 0 radical (unpaired) electrons. The number of unbranched alkanes of at least 4 members (excludes halogenated alkanes) is 1. The third-order valence-electron chi connectivity index (χ3n) is 4.24. The molecule has 1 fully saturated rings. The number of anilines is 2. The summed E-state index contributed by atoms with van der Waals surface area (Å²) in [5.41, 5.74) is 0.946. The highest BCUT2D eigenvalue weighted by molar-refractivity contribution is 6.45. The number of carbonyl (C=O) groups is 5. The lowest BCUT2D eigenvalue weighted by atomic mass is 10.2. The number of carbonyl (C=O) groups excluding carboxylic acids is 5. The normalized spacial score (nSPS) is 16.9. The van der Waals surface area contributed by atoms with E-state index in [4.69, 9.17) is 0 Å². The lowest BCUT2D eigenvalue weighted by Crippen LogP contribution is -2.48. The van der Waals surface area contributed by atoms with Gasteiger partial charge in [0.2, 0.25) is 11.8 Å². The molecule has 2 aliphatic rings. The second-order valence-corrected chi connectivity index (χ2v) is 6.03. The average Bonchev–Trinajstić information content (AvgIpc) is 2.82. The highest BCUT2D eigenvalue weighted by atomic mass is 16.2. The number of amides is 6. The Balaban J connectivity index is 1.78. The summed E-state index contributed by atoms with van der Waals surface area (Å²) in [6, 6.07) is 5.92. The van der Waals surface area contributed by atoms with E-state index in [1.165, 1.54) is 4.90 Å². The van der Waals surface area contributed by atoms with E-state index in [-0.39, 0.29) is 19.0 Å². The SMILES string of the molecule is CCCCN1C(=O)C(=O)N(CC(=O)N2CC(=O)Nc3ccccc32)C1=O. The summed E-state index contributed by atoms with van der Waals surface area (Å²) in [5, 5.41) is 2.65. The van der Waals surface area contributed by atoms with Gasteiger partial charge in [0.1, 0.15) is 13.1 Å². The molecule has 1 N–H and O–H groups in total. The van der Waals surface area contributed by atoms with Crippen molar-refractivity contribution in [3.63, 3.8) is 0 Å². The van der Waals surface area contributed by atoms with Gasteiger partial charge in [-0.3, -0.25) is 29.0 Å². The molecule has 3 rings (SSSR count). The molecule has 6 amide bonds. The molecule has 0 spiro atoms. The first-order chi connectivity index (χ1) is 12.4. The van der Waals surface area contributed by atoms with Crippen LogP contribution in [-0.2, 0) is 19.2 Å². The smallest absolute Gasteiger partial charge is 0.323 e. The van der Waals surface area contributed by atoms with Crippen LogP contribution in [0.5, 0.6) is 0 Å². The molecule has 0 saturated carbocycles. The highest BCUT2D eigenvalue weighted by Crippen LogP contribution is 2.29. The summed E-state index contributed by atoms with van der Waals surface area (Å²) in [6.45, 7) is 1.22. The van der Waals surface area contributed by atoms with Gasteiger partial charge >= 0.3 is 17.8 Å². The van der Waals surface area contributed by atoms with Crippen molar-refractivity contribution in [3.05, 3.63) is 24.3 Å². The summed E-state index contributed by atoms with van der Waals surface area (Å²) < 4.78 is 0. The maximum absolute atomic E-state index is 12.7. The van der Waals surface area contributed by atoms with E-state index in [0.29, 0.717) is 22.7 Å². The van der Waals surface area contributed by atoms with Crippen LogP contribution in [0.25, 0.3) is 0 Å². The van der Waals surface area contributed by atoms with Crippen LogP contribution in [0.1, 0.15) is 19.8 Å². The molecule has 2 heterocycles. The number of benzene rings is 1. The van der Waals surface area contributed by atoms with Crippen molar-refractivity contribution in [1.82, 2.24) is 9.80 Å². The summed E-state index contributed by atoms with van der Waals surface area (Å²) in [4.78, 5) is 63.5. The minimum absolute atomic E-state index is 0.138. The van der Waals surface area contributed by atoms with Crippen molar-refractivity contribution in [2.45, 2.75) is 19.8 Å². The highest BCUT2D eigenvalue weighted by Gasteiger charge is 2.45. The van der Waals surface area contributed by atoms with E-state index in [9.17, 15) is 24.0 Å². The molecule has 0 bridgehead atoms. The number of rotatable bonds is 5. The zero-order valence-electron chi connectivity index (χ0n) is 14.2. The average molecular weight is 358 g/mol. The van der Waals surface area contributed by atoms with E-state index in [2.05, 4.69) is 5.32 Å². The van der Waals surface area contributed by atoms with Gasteiger partial charge in [-0.2, -0.15) is 0 Å². The molecule has 9 nitrogen and oxygen atoms in total. The molecule has 9 heteroatoms. The summed E-state index contributed by atoms with van der Waals surface area (Å²) >= 11 is 0. The minimum Gasteiger partial charge on any atom is -0.323 e. The van der Waals surface area contributed by atoms with Crippen molar-refractivity contribution in [3.8, 4) is 0 Å². The zero-order chi connectivity index (χ0) is 18.8. The quantitative estimate of drug-likeness (QED) is 0.611. The van der Waals surface area contributed by atoms with Gasteiger partial charge in [0.05, 0.1) is 11.4 Å². The Kier molecular flexibility index (Phi) is 4.70. The van der Waals surface area contributed by atoms with Crippen LogP contribution in [-0.4, -0.2) is 59.1 Å². The van der Waals surface area contributed by atoms with E-state index in [0.717, 1.165) is 11.3 Å². The van der Waals surface area contributed by atoms with Gasteiger partial charge in [-0.15, -0.1) is 0 Å². The molecule has 0 aromatic heterocycles. The van der Waals surface area contributed by atoms with Crippen LogP contribution < -0.4 is 10.2 Å². The molecule has 1 aromatic rings. The number of nitrogens with one attached hydrogen (secondary N) is 1. The molecule has 0 unspecified atom stereocenters. The van der Waals surface area contributed by atoms with Crippen molar-refractivity contribution >= 4 is 41.0 Å². The monoisotopic (exact) mass is 358 g/mol. The predicted molar refractivity (Wildman–Crippen MR) is 91.2 cm³/mol. The summed E-state index contributed by atoms with van der Waals surface area (Å²) in [7, 11) is 0. The van der Waals surface area contributed by atoms with Crippen LogP contribution >= 0.6 is 0 Å². The Bertz CT molecular complexity index is 806. The topological polar surface area (TPSA) is 107 Å². The fraction of sp³-hybridized carbons (Fsp3) is 0.353. The van der Waals surface area contributed by atoms with Crippen LogP contribution in [0.3, 0.4) is 0 Å². The molecule has 26 heavy (non-hydrogen) atoms.